The first kappa shape index (κ1) is 18.0. The molecule has 3 rings (SSSR count). The molecule has 0 spiro atoms. The fraction of sp³-hybridized carbons (Fsp3) is 0.526. The Morgan fingerprint density at radius 1 is 1.24 bits per heavy atom. The fourth-order valence-electron chi connectivity index (χ4n) is 3.62. The van der Waals surface area contributed by atoms with E-state index in [-0.39, 0.29) is 11.5 Å². The molecule has 1 saturated heterocycles. The van der Waals surface area contributed by atoms with Crippen LogP contribution in [0.15, 0.2) is 34.2 Å². The van der Waals surface area contributed by atoms with Crippen molar-refractivity contribution in [3.8, 4) is 0 Å². The highest BCUT2D eigenvalue weighted by Crippen LogP contribution is 2.23. The Bertz CT molecular complexity index is 823. The Labute approximate surface area is 152 Å². The van der Waals surface area contributed by atoms with Gasteiger partial charge in [-0.15, -0.1) is 0 Å². The standard InChI is InChI=1S/C19H25N3O2S/c1-4-22-18(24)15-7-5-6-8-16(15)20-19(22)25-12-17(23)21-10-13(2)9-14(3)11-21/h5-8,13-14H,4,9-12H2,1-3H3/t13-,14+. The van der Waals surface area contributed by atoms with E-state index in [1.807, 2.05) is 30.0 Å². The molecule has 0 bridgehead atoms. The maximum Gasteiger partial charge on any atom is 0.262 e. The highest BCUT2D eigenvalue weighted by molar-refractivity contribution is 7.99. The number of aromatic nitrogens is 2. The Morgan fingerprint density at radius 3 is 2.60 bits per heavy atom. The Balaban J connectivity index is 1.79. The average molecular weight is 359 g/mol. The van der Waals surface area contributed by atoms with E-state index in [2.05, 4.69) is 18.8 Å². The van der Waals surface area contributed by atoms with Gasteiger partial charge in [0.2, 0.25) is 5.91 Å². The summed E-state index contributed by atoms with van der Waals surface area (Å²) in [5.41, 5.74) is 0.649. The number of rotatable bonds is 4. The van der Waals surface area contributed by atoms with Crippen LogP contribution in [0.4, 0.5) is 0 Å². The van der Waals surface area contributed by atoms with Gasteiger partial charge in [-0.2, -0.15) is 0 Å². The molecule has 1 aliphatic rings. The Hall–Kier alpha value is -1.82. The highest BCUT2D eigenvalue weighted by Gasteiger charge is 2.25. The summed E-state index contributed by atoms with van der Waals surface area (Å²) in [6, 6.07) is 7.37. The lowest BCUT2D eigenvalue weighted by Crippen LogP contribution is -2.43. The van der Waals surface area contributed by atoms with Crippen LogP contribution in [-0.4, -0.2) is 39.2 Å². The molecule has 0 radical (unpaired) electrons. The molecule has 1 aromatic carbocycles. The van der Waals surface area contributed by atoms with Crippen molar-refractivity contribution in [1.82, 2.24) is 14.5 Å². The number of carbonyl (C=O) groups excluding carboxylic acids is 1. The molecule has 0 unspecified atom stereocenters. The highest BCUT2D eigenvalue weighted by atomic mass is 32.2. The van der Waals surface area contributed by atoms with Gasteiger partial charge in [-0.1, -0.05) is 37.7 Å². The molecule has 1 aromatic heterocycles. The second-order valence-corrected chi connectivity index (χ2v) is 7.94. The van der Waals surface area contributed by atoms with Crippen LogP contribution in [0.1, 0.15) is 27.2 Å². The molecule has 2 aromatic rings. The normalized spacial score (nSPS) is 20.8. The summed E-state index contributed by atoms with van der Waals surface area (Å²) in [5.74, 6) is 1.55. The lowest BCUT2D eigenvalue weighted by atomic mass is 9.92. The van der Waals surface area contributed by atoms with E-state index in [9.17, 15) is 9.59 Å². The first-order chi connectivity index (χ1) is 12.0. The van der Waals surface area contributed by atoms with Crippen molar-refractivity contribution in [2.45, 2.75) is 38.9 Å². The number of nitrogens with zero attached hydrogens (tertiary/aromatic N) is 3. The summed E-state index contributed by atoms with van der Waals surface area (Å²) >= 11 is 1.37. The Morgan fingerprint density at radius 2 is 1.92 bits per heavy atom. The van der Waals surface area contributed by atoms with Gasteiger partial charge in [-0.3, -0.25) is 14.2 Å². The summed E-state index contributed by atoms with van der Waals surface area (Å²) in [7, 11) is 0. The molecule has 2 heterocycles. The molecular weight excluding hydrogens is 334 g/mol. The molecular formula is C19H25N3O2S. The van der Waals surface area contributed by atoms with Crippen molar-refractivity contribution in [2.75, 3.05) is 18.8 Å². The van der Waals surface area contributed by atoms with Gasteiger partial charge in [0.15, 0.2) is 5.16 Å². The molecule has 0 aliphatic carbocycles. The van der Waals surface area contributed by atoms with Crippen molar-refractivity contribution < 1.29 is 4.79 Å². The smallest absolute Gasteiger partial charge is 0.262 e. The van der Waals surface area contributed by atoms with Crippen molar-refractivity contribution in [2.24, 2.45) is 11.8 Å². The monoisotopic (exact) mass is 359 g/mol. The van der Waals surface area contributed by atoms with Crippen LogP contribution >= 0.6 is 11.8 Å². The zero-order chi connectivity index (χ0) is 18.0. The Kier molecular flexibility index (Phi) is 5.47. The number of carbonyl (C=O) groups is 1. The van der Waals surface area contributed by atoms with E-state index in [0.717, 1.165) is 13.1 Å². The molecule has 0 saturated carbocycles. The van der Waals surface area contributed by atoms with Crippen LogP contribution in [0.5, 0.6) is 0 Å². The molecule has 0 N–H and O–H groups in total. The average Bonchev–Trinajstić information content (AvgIpc) is 2.59. The van der Waals surface area contributed by atoms with Gasteiger partial charge in [-0.25, -0.2) is 4.98 Å². The third kappa shape index (κ3) is 3.89. The molecule has 1 fully saturated rings. The summed E-state index contributed by atoms with van der Waals surface area (Å²) < 4.78 is 1.65. The van der Waals surface area contributed by atoms with Crippen molar-refractivity contribution in [3.63, 3.8) is 0 Å². The number of benzene rings is 1. The number of piperidine rings is 1. The molecule has 1 aliphatic heterocycles. The summed E-state index contributed by atoms with van der Waals surface area (Å²) in [6.45, 7) is 8.53. The minimum absolute atomic E-state index is 0.0386. The third-order valence-electron chi connectivity index (χ3n) is 4.69. The van der Waals surface area contributed by atoms with Gasteiger partial charge < -0.3 is 4.90 Å². The second-order valence-electron chi connectivity index (χ2n) is 6.99. The number of thioether (sulfide) groups is 1. The number of fused-ring (bicyclic) bond motifs is 1. The lowest BCUT2D eigenvalue weighted by molar-refractivity contribution is -0.130. The van der Waals surface area contributed by atoms with E-state index in [0.29, 0.717) is 40.2 Å². The van der Waals surface area contributed by atoms with Crippen LogP contribution in [-0.2, 0) is 11.3 Å². The summed E-state index contributed by atoms with van der Waals surface area (Å²) in [6.07, 6.45) is 1.18. The number of hydrogen-bond donors (Lipinski definition) is 0. The zero-order valence-electron chi connectivity index (χ0n) is 15.1. The van der Waals surface area contributed by atoms with Crippen LogP contribution in [0.25, 0.3) is 10.9 Å². The summed E-state index contributed by atoms with van der Waals surface area (Å²) in [4.78, 5) is 31.8. The topological polar surface area (TPSA) is 55.2 Å². The zero-order valence-corrected chi connectivity index (χ0v) is 15.9. The van der Waals surface area contributed by atoms with Gasteiger partial charge in [0.1, 0.15) is 0 Å². The largest absolute Gasteiger partial charge is 0.341 e. The van der Waals surface area contributed by atoms with E-state index >= 15 is 0 Å². The van der Waals surface area contributed by atoms with Crippen LogP contribution in [0.3, 0.4) is 0 Å². The second kappa shape index (κ2) is 7.60. The van der Waals surface area contributed by atoms with Crippen LogP contribution in [0.2, 0.25) is 0 Å². The molecule has 25 heavy (non-hydrogen) atoms. The van der Waals surface area contributed by atoms with Gasteiger partial charge in [-0.05, 0) is 37.3 Å². The number of likely N-dealkylation sites (tertiary alicyclic amines) is 1. The number of hydrogen-bond acceptors (Lipinski definition) is 4. The van der Waals surface area contributed by atoms with E-state index in [1.54, 1.807) is 10.6 Å². The predicted molar refractivity (Wildman–Crippen MR) is 102 cm³/mol. The molecule has 5 nitrogen and oxygen atoms in total. The minimum Gasteiger partial charge on any atom is -0.341 e. The van der Waals surface area contributed by atoms with Crippen molar-refractivity contribution in [3.05, 3.63) is 34.6 Å². The number of para-hydroxylation sites is 1. The number of amides is 1. The molecule has 6 heteroatoms. The van der Waals surface area contributed by atoms with Gasteiger partial charge >= 0.3 is 0 Å². The molecule has 134 valence electrons. The lowest BCUT2D eigenvalue weighted by Gasteiger charge is -2.35. The quantitative estimate of drug-likeness (QED) is 0.622. The van der Waals surface area contributed by atoms with Gasteiger partial charge in [0.25, 0.3) is 5.56 Å². The predicted octanol–water partition coefficient (Wildman–Crippen LogP) is 3.01. The molecule has 2 atom stereocenters. The SMILES string of the molecule is CCn1c(SCC(=O)N2C[C@H](C)C[C@H](C)C2)nc2ccccc2c1=O. The van der Waals surface area contributed by atoms with Crippen molar-refractivity contribution in [1.29, 1.82) is 0 Å². The maximum absolute atomic E-state index is 12.6. The first-order valence-corrected chi connectivity index (χ1v) is 9.88. The minimum atomic E-state index is -0.0386. The van der Waals surface area contributed by atoms with E-state index < -0.39 is 0 Å². The summed E-state index contributed by atoms with van der Waals surface area (Å²) in [5, 5.41) is 1.25. The van der Waals surface area contributed by atoms with E-state index in [1.165, 1.54) is 18.2 Å². The molecule has 1 amide bonds. The third-order valence-corrected chi connectivity index (χ3v) is 5.65. The van der Waals surface area contributed by atoms with Crippen LogP contribution in [0, 0.1) is 11.8 Å². The van der Waals surface area contributed by atoms with Gasteiger partial charge in [0, 0.05) is 19.6 Å². The fourth-order valence-corrected chi connectivity index (χ4v) is 4.59. The van der Waals surface area contributed by atoms with Crippen molar-refractivity contribution >= 4 is 28.6 Å². The first-order valence-electron chi connectivity index (χ1n) is 8.89. The van der Waals surface area contributed by atoms with Gasteiger partial charge in [0.05, 0.1) is 16.7 Å². The van der Waals surface area contributed by atoms with E-state index in [4.69, 9.17) is 0 Å². The van der Waals surface area contributed by atoms with Crippen LogP contribution < -0.4 is 5.56 Å². The maximum atomic E-state index is 12.6.